The van der Waals surface area contributed by atoms with E-state index in [1.54, 1.807) is 0 Å². The molecule has 0 spiro atoms. The second-order valence-corrected chi connectivity index (χ2v) is 11.7. The Balaban J connectivity index is 0.00000130. The number of amides is 1. The summed E-state index contributed by atoms with van der Waals surface area (Å²) in [5.74, 6) is -0.845. The number of hydrogen-bond donors (Lipinski definition) is 15. The van der Waals surface area contributed by atoms with E-state index >= 15 is 0 Å². The molecule has 19 N–H and O–H groups in total. The molecule has 23 heteroatoms. The van der Waals surface area contributed by atoms with E-state index in [-0.39, 0.29) is 25.9 Å². The Bertz CT molecular complexity index is 1020. The molecule has 2 saturated heterocycles. The van der Waals surface area contributed by atoms with Crippen molar-refractivity contribution in [2.24, 2.45) is 22.9 Å². The van der Waals surface area contributed by atoms with Gasteiger partial charge in [-0.1, -0.05) is 0 Å². The van der Waals surface area contributed by atoms with Crippen molar-refractivity contribution in [1.82, 2.24) is 5.32 Å². The van der Waals surface area contributed by atoms with Crippen molar-refractivity contribution >= 4 is 16.3 Å². The molecular formula is C22H45N5O17S. The number of rotatable bonds is 10. The van der Waals surface area contributed by atoms with Crippen LogP contribution in [0.25, 0.3) is 0 Å². The quantitative estimate of drug-likeness (QED) is 0.0950. The van der Waals surface area contributed by atoms with Crippen molar-refractivity contribution in [3.63, 3.8) is 0 Å². The molecule has 3 rings (SSSR count). The Hall–Kier alpha value is -1.30. The van der Waals surface area contributed by atoms with Gasteiger partial charge < -0.3 is 88.1 Å². The van der Waals surface area contributed by atoms with E-state index in [0.29, 0.717) is 0 Å². The minimum Gasteiger partial charge on any atom is -0.394 e. The van der Waals surface area contributed by atoms with Crippen LogP contribution in [0, 0.1) is 0 Å². The summed E-state index contributed by atoms with van der Waals surface area (Å²) in [5.41, 5.74) is 23.1. The van der Waals surface area contributed by atoms with Gasteiger partial charge >= 0.3 is 10.4 Å². The molecule has 1 amide bonds. The second-order valence-electron chi connectivity index (χ2n) is 10.8. The van der Waals surface area contributed by atoms with Crippen LogP contribution in [0.5, 0.6) is 0 Å². The highest BCUT2D eigenvalue weighted by Gasteiger charge is 2.52. The Morgan fingerprint density at radius 2 is 1.38 bits per heavy atom. The van der Waals surface area contributed by atoms with Crippen LogP contribution in [0.1, 0.15) is 12.8 Å². The first-order valence-corrected chi connectivity index (χ1v) is 15.2. The summed E-state index contributed by atoms with van der Waals surface area (Å²) in [4.78, 5) is 12.6. The monoisotopic (exact) mass is 683 g/mol. The van der Waals surface area contributed by atoms with Crippen molar-refractivity contribution in [2.75, 3.05) is 19.7 Å². The Labute approximate surface area is 257 Å². The van der Waals surface area contributed by atoms with Gasteiger partial charge in [-0.3, -0.25) is 13.9 Å². The molecule has 2 aliphatic heterocycles. The third-order valence-corrected chi connectivity index (χ3v) is 7.51. The summed E-state index contributed by atoms with van der Waals surface area (Å²) < 4.78 is 54.1. The zero-order valence-corrected chi connectivity index (χ0v) is 24.6. The van der Waals surface area contributed by atoms with Crippen LogP contribution in [-0.4, -0.2) is 182 Å². The van der Waals surface area contributed by atoms with Gasteiger partial charge in [0.1, 0.15) is 67.1 Å². The van der Waals surface area contributed by atoms with Gasteiger partial charge in [-0.2, -0.15) is 8.42 Å². The Morgan fingerprint density at radius 1 is 0.844 bits per heavy atom. The van der Waals surface area contributed by atoms with E-state index in [4.69, 9.17) is 59.4 Å². The van der Waals surface area contributed by atoms with Crippen LogP contribution in [0.15, 0.2) is 0 Å². The van der Waals surface area contributed by atoms with Crippen LogP contribution >= 0.6 is 0 Å². The van der Waals surface area contributed by atoms with Gasteiger partial charge in [0.05, 0.1) is 18.7 Å². The molecule has 2 heterocycles. The Morgan fingerprint density at radius 3 is 1.91 bits per heavy atom. The van der Waals surface area contributed by atoms with Crippen molar-refractivity contribution in [1.29, 1.82) is 0 Å². The molecule has 0 radical (unpaired) electrons. The van der Waals surface area contributed by atoms with Crippen molar-refractivity contribution in [2.45, 2.75) is 111 Å². The highest BCUT2D eigenvalue weighted by molar-refractivity contribution is 7.79. The summed E-state index contributed by atoms with van der Waals surface area (Å²) >= 11 is 0. The molecule has 3 aliphatic rings. The predicted molar refractivity (Wildman–Crippen MR) is 146 cm³/mol. The smallest absolute Gasteiger partial charge is 0.394 e. The summed E-state index contributed by atoms with van der Waals surface area (Å²) in [7, 11) is -4.67. The molecule has 0 aromatic carbocycles. The zero-order valence-electron chi connectivity index (χ0n) is 23.8. The van der Waals surface area contributed by atoms with E-state index in [2.05, 4.69) is 5.32 Å². The normalized spacial score (nSPS) is 43.1. The highest BCUT2D eigenvalue weighted by Crippen LogP contribution is 2.32. The second kappa shape index (κ2) is 17.2. The number of nitrogens with two attached hydrogens (primary N) is 4. The summed E-state index contributed by atoms with van der Waals surface area (Å²) in [5, 5.41) is 84.9. The molecule has 0 aromatic rings. The lowest BCUT2D eigenvalue weighted by Crippen LogP contribution is -2.69. The van der Waals surface area contributed by atoms with Gasteiger partial charge in [-0.25, -0.2) is 0 Å². The summed E-state index contributed by atoms with van der Waals surface area (Å²) in [6, 6.07) is -3.45. The number of carbonyl (C=O) groups excluding carboxylic acids is 1. The minimum atomic E-state index is -4.67. The standard InChI is InChI=1S/C22H43N5O13.H2O4S/c23-2-1-8(29)20(36)27-7-3-6(25)18(39-22-16(34)15(33)13(31)9(4-24)37-22)17(35)19(7)40-21-14(32)11(26)12(30)10(5-28)38-21;1-5(2,3)4/h6-19,21-22,28-35H,1-5,23-26H2,(H,27,36);(H2,1,2,3,4)/t6-,7+,8+,9+,10+,11-,12+,13+,14?,15-,16+,17-,18+,19-,21+,22+;/m0./s1. The lowest BCUT2D eigenvalue weighted by Gasteiger charge is -2.49. The fraction of sp³-hybridized carbons (Fsp3) is 0.955. The van der Waals surface area contributed by atoms with E-state index in [0.717, 1.165) is 0 Å². The van der Waals surface area contributed by atoms with Crippen LogP contribution in [0.3, 0.4) is 0 Å². The largest absolute Gasteiger partial charge is 0.394 e. The van der Waals surface area contributed by atoms with Gasteiger partial charge in [0, 0.05) is 12.6 Å². The summed E-state index contributed by atoms with van der Waals surface area (Å²) in [6.07, 6.45) is -19.8. The van der Waals surface area contributed by atoms with Crippen molar-refractivity contribution in [3.05, 3.63) is 0 Å². The average Bonchev–Trinajstić information content (AvgIpc) is 2.96. The van der Waals surface area contributed by atoms with Gasteiger partial charge in [-0.15, -0.1) is 0 Å². The molecule has 0 bridgehead atoms. The van der Waals surface area contributed by atoms with Gasteiger partial charge in [0.15, 0.2) is 12.6 Å². The van der Waals surface area contributed by atoms with Crippen molar-refractivity contribution in [3.8, 4) is 0 Å². The number of carbonyl (C=O) groups is 1. The van der Waals surface area contributed by atoms with Crippen LogP contribution in [0.2, 0.25) is 0 Å². The fourth-order valence-corrected chi connectivity index (χ4v) is 5.07. The average molecular weight is 684 g/mol. The molecule has 1 aliphatic carbocycles. The maximum absolute atomic E-state index is 12.6. The summed E-state index contributed by atoms with van der Waals surface area (Å²) in [6.45, 7) is -0.898. The number of ether oxygens (including phenoxy) is 4. The molecule has 45 heavy (non-hydrogen) atoms. The van der Waals surface area contributed by atoms with Crippen molar-refractivity contribution < 1.29 is 82.1 Å². The molecule has 22 nitrogen and oxygen atoms in total. The topological polar surface area (TPSA) is 407 Å². The number of aliphatic hydroxyl groups excluding tert-OH is 8. The maximum atomic E-state index is 12.6. The number of aliphatic hydroxyl groups is 8. The van der Waals surface area contributed by atoms with Crippen LogP contribution in [0.4, 0.5) is 0 Å². The fourth-order valence-electron chi connectivity index (χ4n) is 5.07. The first-order valence-electron chi connectivity index (χ1n) is 13.8. The lowest BCUT2D eigenvalue weighted by atomic mass is 9.83. The van der Waals surface area contributed by atoms with Crippen LogP contribution < -0.4 is 28.3 Å². The molecular weight excluding hydrogens is 638 g/mol. The van der Waals surface area contributed by atoms with E-state index in [9.17, 15) is 45.6 Å². The maximum Gasteiger partial charge on any atom is 0.394 e. The molecule has 1 unspecified atom stereocenters. The van der Waals surface area contributed by atoms with E-state index in [1.165, 1.54) is 0 Å². The molecule has 0 aromatic heterocycles. The SMILES string of the molecule is NCC[C@@H](O)C(=O)N[C@@H]1C[C@H](N)[C@@H](O[C@H]2O[C@H](CN)[C@@H](O)[C@H](O)[C@H]2O)[C@H](O)[C@H]1O[C@H]1O[C@H](CO)[C@@H](O)[C@H](N)C1O.O=S(=O)(O)O. The van der Waals surface area contributed by atoms with Gasteiger partial charge in [0.2, 0.25) is 5.91 Å². The van der Waals surface area contributed by atoms with Crippen LogP contribution in [-0.2, 0) is 34.1 Å². The third-order valence-electron chi connectivity index (χ3n) is 7.51. The molecule has 3 fully saturated rings. The highest BCUT2D eigenvalue weighted by atomic mass is 32.3. The zero-order chi connectivity index (χ0) is 34.4. The number of hydrogen-bond acceptors (Lipinski definition) is 19. The first kappa shape index (κ1) is 39.9. The van der Waals surface area contributed by atoms with E-state index < -0.39 is 121 Å². The third kappa shape index (κ3) is 10.6. The van der Waals surface area contributed by atoms with Gasteiger partial charge in [-0.05, 0) is 19.4 Å². The number of nitrogens with one attached hydrogen (secondary N) is 1. The Kier molecular flexibility index (Phi) is 15.2. The van der Waals surface area contributed by atoms with Gasteiger partial charge in [0.25, 0.3) is 0 Å². The first-order chi connectivity index (χ1) is 20.9. The lowest BCUT2D eigenvalue weighted by molar-refractivity contribution is -0.332. The predicted octanol–water partition coefficient (Wildman–Crippen LogP) is -9.08. The van der Waals surface area contributed by atoms with E-state index in [1.807, 2.05) is 0 Å². The minimum absolute atomic E-state index is 0.0101. The molecule has 16 atom stereocenters. The molecule has 1 saturated carbocycles. The molecule has 266 valence electrons.